The lowest BCUT2D eigenvalue weighted by molar-refractivity contribution is -0.122. The first-order valence-electron chi connectivity index (χ1n) is 11.9. The Bertz CT molecular complexity index is 1540. The number of barbiturate groups is 1. The predicted molar refractivity (Wildman–Crippen MR) is 147 cm³/mol. The molecule has 2 aliphatic heterocycles. The van der Waals surface area contributed by atoms with Gasteiger partial charge in [-0.3, -0.25) is 14.9 Å². The van der Waals surface area contributed by atoms with E-state index in [9.17, 15) is 14.4 Å². The van der Waals surface area contributed by atoms with Crippen molar-refractivity contribution in [2.24, 2.45) is 0 Å². The summed E-state index contributed by atoms with van der Waals surface area (Å²) in [4.78, 5) is 39.4. The molecule has 0 atom stereocenters. The molecule has 0 bridgehead atoms. The van der Waals surface area contributed by atoms with Crippen LogP contribution in [0.3, 0.4) is 0 Å². The quantitative estimate of drug-likeness (QED) is 0.266. The highest BCUT2D eigenvalue weighted by molar-refractivity contribution is 9.10. The van der Waals surface area contributed by atoms with Crippen molar-refractivity contribution in [3.05, 3.63) is 80.3 Å². The van der Waals surface area contributed by atoms with Crippen molar-refractivity contribution in [2.75, 3.05) is 18.3 Å². The van der Waals surface area contributed by atoms with Crippen molar-refractivity contribution in [1.82, 2.24) is 5.32 Å². The Balaban J connectivity index is 1.43. The van der Waals surface area contributed by atoms with Crippen LogP contribution < -0.4 is 29.2 Å². The molecule has 2 heterocycles. The van der Waals surface area contributed by atoms with E-state index in [0.29, 0.717) is 44.7 Å². The predicted octanol–water partition coefficient (Wildman–Crippen LogP) is 5.78. The zero-order chi connectivity index (χ0) is 27.7. The topological polar surface area (TPSA) is 103 Å². The van der Waals surface area contributed by atoms with E-state index in [2.05, 4.69) is 21.2 Å². The van der Waals surface area contributed by atoms with Gasteiger partial charge in [-0.05, 0) is 88.9 Å². The summed E-state index contributed by atoms with van der Waals surface area (Å²) in [6.45, 7) is 4.39. The second-order valence-corrected chi connectivity index (χ2v) is 9.89. The van der Waals surface area contributed by atoms with Gasteiger partial charge in [-0.15, -0.1) is 0 Å². The first-order valence-corrected chi connectivity index (χ1v) is 13.1. The van der Waals surface area contributed by atoms with Crippen LogP contribution in [-0.2, 0) is 16.2 Å². The Hall–Kier alpha value is -4.02. The van der Waals surface area contributed by atoms with Crippen LogP contribution in [0.1, 0.15) is 23.6 Å². The molecule has 5 rings (SSSR count). The molecule has 0 radical (unpaired) electrons. The number of anilines is 1. The van der Waals surface area contributed by atoms with Gasteiger partial charge >= 0.3 is 6.03 Å². The summed E-state index contributed by atoms with van der Waals surface area (Å²) in [5.41, 5.74) is 2.15. The third kappa shape index (κ3) is 5.43. The number of nitrogens with zero attached hydrogens (tertiary/aromatic N) is 1. The molecule has 3 aromatic rings. The Morgan fingerprint density at radius 1 is 1.05 bits per heavy atom. The minimum atomic E-state index is -0.856. The molecule has 2 aliphatic rings. The molecule has 3 aromatic carbocycles. The molecule has 200 valence electrons. The zero-order valence-corrected chi connectivity index (χ0v) is 23.2. The molecule has 0 aliphatic carbocycles. The van der Waals surface area contributed by atoms with E-state index >= 15 is 0 Å². The molecule has 4 amide bonds. The van der Waals surface area contributed by atoms with Crippen LogP contribution >= 0.6 is 27.5 Å². The van der Waals surface area contributed by atoms with Crippen molar-refractivity contribution < 1.29 is 33.3 Å². The zero-order valence-electron chi connectivity index (χ0n) is 20.9. The fourth-order valence-corrected chi connectivity index (χ4v) is 4.79. The number of amides is 4. The van der Waals surface area contributed by atoms with E-state index in [1.165, 1.54) is 12.1 Å². The molecule has 0 unspecified atom stereocenters. The molecular formula is C28H22BrClN2O7. The summed E-state index contributed by atoms with van der Waals surface area (Å²) in [5, 5.41) is 2.60. The number of aryl methyl sites for hydroxylation is 1. The second kappa shape index (κ2) is 11.0. The first-order chi connectivity index (χ1) is 18.7. The van der Waals surface area contributed by atoms with Crippen LogP contribution in [0.25, 0.3) is 6.08 Å². The van der Waals surface area contributed by atoms with Crippen LogP contribution in [0.15, 0.2) is 58.6 Å². The van der Waals surface area contributed by atoms with E-state index in [1.807, 2.05) is 25.1 Å². The lowest BCUT2D eigenvalue weighted by Gasteiger charge is -2.26. The SMILES string of the molecule is CCOc1cc(/C=C2/C(=O)NC(=O)N(c3ccc(C)c(Cl)c3)C2=O)cc(Br)c1OCc1ccc2c(c1)OCO2. The third-order valence-corrected chi connectivity index (χ3v) is 6.97. The van der Waals surface area contributed by atoms with Crippen LogP contribution in [0, 0.1) is 6.92 Å². The molecule has 0 aromatic heterocycles. The number of urea groups is 1. The molecule has 1 fully saturated rings. The number of rotatable bonds is 7. The third-order valence-electron chi connectivity index (χ3n) is 5.98. The number of ether oxygens (including phenoxy) is 4. The highest BCUT2D eigenvalue weighted by atomic mass is 79.9. The summed E-state index contributed by atoms with van der Waals surface area (Å²) in [6.07, 6.45) is 1.39. The minimum Gasteiger partial charge on any atom is -0.490 e. The maximum Gasteiger partial charge on any atom is 0.335 e. The molecule has 9 nitrogen and oxygen atoms in total. The lowest BCUT2D eigenvalue weighted by Crippen LogP contribution is -2.54. The number of carbonyl (C=O) groups is 3. The van der Waals surface area contributed by atoms with Crippen molar-refractivity contribution in [1.29, 1.82) is 0 Å². The van der Waals surface area contributed by atoms with E-state index in [1.54, 1.807) is 31.2 Å². The van der Waals surface area contributed by atoms with E-state index < -0.39 is 17.8 Å². The molecule has 0 spiro atoms. The summed E-state index contributed by atoms with van der Waals surface area (Å²) in [5.74, 6) is 0.596. The van der Waals surface area contributed by atoms with Crippen LogP contribution in [0.5, 0.6) is 23.0 Å². The van der Waals surface area contributed by atoms with Gasteiger partial charge in [0.25, 0.3) is 11.8 Å². The Kier molecular flexibility index (Phi) is 7.49. The number of halogens is 2. The summed E-state index contributed by atoms with van der Waals surface area (Å²) in [7, 11) is 0. The number of benzene rings is 3. The highest BCUT2D eigenvalue weighted by Gasteiger charge is 2.37. The van der Waals surface area contributed by atoms with Crippen LogP contribution in [0.2, 0.25) is 5.02 Å². The van der Waals surface area contributed by atoms with Gasteiger partial charge in [0.1, 0.15) is 12.2 Å². The molecule has 1 saturated heterocycles. The number of fused-ring (bicyclic) bond motifs is 1. The van der Waals surface area contributed by atoms with Gasteiger partial charge in [-0.25, -0.2) is 9.69 Å². The molecule has 0 saturated carbocycles. The molecule has 1 N–H and O–H groups in total. The Morgan fingerprint density at radius 2 is 1.85 bits per heavy atom. The fraction of sp³-hybridized carbons (Fsp3) is 0.179. The molecule has 11 heteroatoms. The molecular weight excluding hydrogens is 592 g/mol. The molecule has 39 heavy (non-hydrogen) atoms. The van der Waals surface area contributed by atoms with Crippen molar-refractivity contribution >= 4 is 57.1 Å². The van der Waals surface area contributed by atoms with Crippen molar-refractivity contribution in [3.63, 3.8) is 0 Å². The average molecular weight is 614 g/mol. The largest absolute Gasteiger partial charge is 0.490 e. The number of imide groups is 2. The maximum atomic E-state index is 13.3. The normalized spacial score (nSPS) is 15.5. The average Bonchev–Trinajstić information content (AvgIpc) is 3.36. The van der Waals surface area contributed by atoms with E-state index in [0.717, 1.165) is 16.0 Å². The minimum absolute atomic E-state index is 0.182. The first kappa shape index (κ1) is 26.6. The van der Waals surface area contributed by atoms with Crippen molar-refractivity contribution in [2.45, 2.75) is 20.5 Å². The van der Waals surface area contributed by atoms with Gasteiger partial charge in [-0.2, -0.15) is 0 Å². The van der Waals surface area contributed by atoms with Crippen LogP contribution in [0.4, 0.5) is 10.5 Å². The summed E-state index contributed by atoms with van der Waals surface area (Å²) >= 11 is 9.71. The van der Waals surface area contributed by atoms with Gasteiger partial charge in [-0.1, -0.05) is 23.7 Å². The summed E-state index contributed by atoms with van der Waals surface area (Å²) < 4.78 is 23.2. The van der Waals surface area contributed by atoms with E-state index in [-0.39, 0.29) is 24.7 Å². The van der Waals surface area contributed by atoms with Gasteiger partial charge in [0.05, 0.1) is 16.8 Å². The van der Waals surface area contributed by atoms with Gasteiger partial charge < -0.3 is 18.9 Å². The van der Waals surface area contributed by atoms with Gasteiger partial charge in [0, 0.05) is 5.02 Å². The Labute approximate surface area is 237 Å². The van der Waals surface area contributed by atoms with E-state index in [4.69, 9.17) is 30.5 Å². The monoisotopic (exact) mass is 612 g/mol. The smallest absolute Gasteiger partial charge is 0.335 e. The number of nitrogens with one attached hydrogen (secondary N) is 1. The highest BCUT2D eigenvalue weighted by Crippen LogP contribution is 2.39. The lowest BCUT2D eigenvalue weighted by atomic mass is 10.1. The fourth-order valence-electron chi connectivity index (χ4n) is 4.04. The number of carbonyl (C=O) groups excluding carboxylic acids is 3. The van der Waals surface area contributed by atoms with Crippen molar-refractivity contribution in [3.8, 4) is 23.0 Å². The van der Waals surface area contributed by atoms with Crippen LogP contribution in [-0.4, -0.2) is 31.2 Å². The number of hydrogen-bond acceptors (Lipinski definition) is 7. The van der Waals surface area contributed by atoms with Gasteiger partial charge in [0.2, 0.25) is 6.79 Å². The standard InChI is InChI=1S/C28H22BrClN2O7/c1-3-36-24-11-17(9-20(29)25(24)37-13-16-5-7-22-23(10-16)39-14-38-22)8-19-26(33)31-28(35)32(27(19)34)18-6-4-15(2)21(30)12-18/h4-12H,3,13-14H2,1-2H3,(H,31,33,35)/b19-8-. The number of hydrogen-bond donors (Lipinski definition) is 1. The summed E-state index contributed by atoms with van der Waals surface area (Å²) in [6, 6.07) is 12.8. The van der Waals surface area contributed by atoms with Gasteiger partial charge in [0.15, 0.2) is 23.0 Å². The maximum absolute atomic E-state index is 13.3. The Morgan fingerprint density at radius 3 is 2.62 bits per heavy atom. The second-order valence-electron chi connectivity index (χ2n) is 8.63.